The summed E-state index contributed by atoms with van der Waals surface area (Å²) in [6.07, 6.45) is 11.2. The van der Waals surface area contributed by atoms with Gasteiger partial charge in [0.25, 0.3) is 0 Å². The third kappa shape index (κ3) is 3.51. The van der Waals surface area contributed by atoms with Crippen LogP contribution in [0.4, 0.5) is 4.39 Å². The van der Waals surface area contributed by atoms with Gasteiger partial charge in [-0.2, -0.15) is 0 Å². The summed E-state index contributed by atoms with van der Waals surface area (Å²) in [4.78, 5) is 18.6. The number of aromatic nitrogens is 1. The summed E-state index contributed by atoms with van der Waals surface area (Å²) in [5.41, 5.74) is 3.05. The Bertz CT molecular complexity index is 1020. The normalized spacial score (nSPS) is 31.5. The fourth-order valence-electron chi connectivity index (χ4n) is 6.99. The van der Waals surface area contributed by atoms with Crippen LogP contribution in [0.25, 0.3) is 6.08 Å². The van der Waals surface area contributed by atoms with Crippen LogP contribution in [0.2, 0.25) is 0 Å². The van der Waals surface area contributed by atoms with Gasteiger partial charge in [0.05, 0.1) is 0 Å². The van der Waals surface area contributed by atoms with Crippen LogP contribution >= 0.6 is 0 Å². The van der Waals surface area contributed by atoms with Crippen LogP contribution in [0.1, 0.15) is 49.8 Å². The second-order valence-electron chi connectivity index (χ2n) is 10.2. The SMILES string of the molecule is O=C1/C(=C/c2cccn2Cc2ccc(F)cc2)CC[C@@H]2[C@H]3CCCN4CCC[C@H](CN12)[C@@H]34. The van der Waals surface area contributed by atoms with Crippen LogP contribution in [0.3, 0.4) is 0 Å². The molecule has 4 nitrogen and oxygen atoms in total. The average molecular weight is 434 g/mol. The summed E-state index contributed by atoms with van der Waals surface area (Å²) in [5, 5.41) is 0. The minimum Gasteiger partial charge on any atom is -0.344 e. The van der Waals surface area contributed by atoms with E-state index in [1.54, 1.807) is 0 Å². The lowest BCUT2D eigenvalue weighted by Gasteiger charge is -2.58. The molecule has 4 atom stereocenters. The Morgan fingerprint density at radius 1 is 1.03 bits per heavy atom. The molecule has 0 N–H and O–H groups in total. The number of piperidine rings is 4. The van der Waals surface area contributed by atoms with Gasteiger partial charge in [-0.15, -0.1) is 0 Å². The molecule has 4 aliphatic heterocycles. The van der Waals surface area contributed by atoms with Crippen molar-refractivity contribution in [2.75, 3.05) is 19.6 Å². The highest BCUT2D eigenvalue weighted by Gasteiger charge is 2.51. The lowest BCUT2D eigenvalue weighted by atomic mass is 9.67. The number of fused-ring (bicyclic) bond motifs is 2. The first-order chi connectivity index (χ1) is 15.7. The number of benzene rings is 1. The summed E-state index contributed by atoms with van der Waals surface area (Å²) >= 11 is 0. The van der Waals surface area contributed by atoms with Gasteiger partial charge in [0.1, 0.15) is 5.82 Å². The Labute approximate surface area is 189 Å². The molecule has 0 bridgehead atoms. The fraction of sp³-hybridized carbons (Fsp3) is 0.519. The second kappa shape index (κ2) is 8.18. The Balaban J connectivity index is 1.23. The van der Waals surface area contributed by atoms with Crippen molar-refractivity contribution in [1.29, 1.82) is 0 Å². The molecule has 168 valence electrons. The molecule has 0 saturated carbocycles. The molecule has 6 rings (SSSR count). The van der Waals surface area contributed by atoms with Crippen molar-refractivity contribution in [2.24, 2.45) is 11.8 Å². The smallest absolute Gasteiger partial charge is 0.250 e. The standard InChI is InChI=1S/C27H32FN3O/c28-22-10-7-19(8-11-22)17-30-15-2-5-23(30)16-20-9-12-25-24-6-3-14-29-13-1-4-21(26(24)29)18-31(25)27(20)32/h2,5,7-8,10-11,15-16,21,24-26H,1,3-4,6,9,12-14,17-18H2/b20-16+/t21-,24-,25-,26+/m1/s1. The first-order valence-electron chi connectivity index (χ1n) is 12.3. The van der Waals surface area contributed by atoms with Crippen molar-refractivity contribution in [3.63, 3.8) is 0 Å². The van der Waals surface area contributed by atoms with Crippen LogP contribution in [0.15, 0.2) is 48.2 Å². The Hall–Kier alpha value is -2.40. The maximum Gasteiger partial charge on any atom is 0.250 e. The zero-order valence-corrected chi connectivity index (χ0v) is 18.6. The van der Waals surface area contributed by atoms with Gasteiger partial charge in [-0.3, -0.25) is 9.69 Å². The topological polar surface area (TPSA) is 28.5 Å². The van der Waals surface area contributed by atoms with E-state index in [9.17, 15) is 9.18 Å². The summed E-state index contributed by atoms with van der Waals surface area (Å²) in [7, 11) is 0. The Morgan fingerprint density at radius 2 is 1.84 bits per heavy atom. The number of carbonyl (C=O) groups is 1. The Morgan fingerprint density at radius 3 is 2.69 bits per heavy atom. The van der Waals surface area contributed by atoms with Gasteiger partial charge in [0, 0.05) is 42.6 Å². The van der Waals surface area contributed by atoms with Gasteiger partial charge in [-0.25, -0.2) is 4.39 Å². The monoisotopic (exact) mass is 433 g/mol. The zero-order chi connectivity index (χ0) is 21.7. The van der Waals surface area contributed by atoms with Gasteiger partial charge in [-0.1, -0.05) is 12.1 Å². The van der Waals surface area contributed by atoms with Crippen LogP contribution < -0.4 is 0 Å². The molecule has 4 saturated heterocycles. The van der Waals surface area contributed by atoms with E-state index in [-0.39, 0.29) is 11.7 Å². The van der Waals surface area contributed by atoms with Crippen molar-refractivity contribution < 1.29 is 9.18 Å². The highest BCUT2D eigenvalue weighted by molar-refractivity contribution is 5.98. The number of hydrogen-bond donors (Lipinski definition) is 0. The number of halogens is 1. The lowest BCUT2D eigenvalue weighted by molar-refractivity contribution is -0.145. The van der Waals surface area contributed by atoms with Crippen molar-refractivity contribution >= 4 is 12.0 Å². The zero-order valence-electron chi connectivity index (χ0n) is 18.6. The predicted octanol–water partition coefficient (Wildman–Crippen LogP) is 4.55. The number of nitrogens with zero attached hydrogens (tertiary/aromatic N) is 3. The molecule has 0 spiro atoms. The van der Waals surface area contributed by atoms with E-state index < -0.39 is 0 Å². The molecule has 4 fully saturated rings. The van der Waals surface area contributed by atoms with E-state index in [0.717, 1.165) is 36.2 Å². The third-order valence-corrected chi connectivity index (χ3v) is 8.37. The highest BCUT2D eigenvalue weighted by atomic mass is 19.1. The van der Waals surface area contributed by atoms with E-state index in [4.69, 9.17) is 0 Å². The van der Waals surface area contributed by atoms with Crippen molar-refractivity contribution in [1.82, 2.24) is 14.4 Å². The minimum absolute atomic E-state index is 0.214. The maximum absolute atomic E-state index is 13.6. The number of carbonyl (C=O) groups excluding carboxylic acids is 1. The van der Waals surface area contributed by atoms with Crippen molar-refractivity contribution in [2.45, 2.75) is 57.2 Å². The molecule has 5 heterocycles. The molecular formula is C27H32FN3O. The summed E-state index contributed by atoms with van der Waals surface area (Å²) < 4.78 is 15.4. The van der Waals surface area contributed by atoms with Crippen LogP contribution in [0, 0.1) is 17.7 Å². The van der Waals surface area contributed by atoms with Gasteiger partial charge < -0.3 is 9.47 Å². The molecule has 0 unspecified atom stereocenters. The summed E-state index contributed by atoms with van der Waals surface area (Å²) in [5.74, 6) is 1.36. The summed E-state index contributed by atoms with van der Waals surface area (Å²) in [6, 6.07) is 11.9. The molecule has 2 aromatic rings. The molecule has 4 aliphatic rings. The number of rotatable bonds is 3. The van der Waals surface area contributed by atoms with Gasteiger partial charge in [0.15, 0.2) is 0 Å². The van der Waals surface area contributed by atoms with E-state index >= 15 is 0 Å². The molecule has 1 amide bonds. The van der Waals surface area contributed by atoms with Gasteiger partial charge in [-0.05, 0) is 99.4 Å². The largest absolute Gasteiger partial charge is 0.344 e. The molecule has 32 heavy (non-hydrogen) atoms. The predicted molar refractivity (Wildman–Crippen MR) is 123 cm³/mol. The van der Waals surface area contributed by atoms with E-state index in [0.29, 0.717) is 30.5 Å². The molecule has 5 heteroatoms. The molecule has 1 aromatic heterocycles. The number of amides is 1. The van der Waals surface area contributed by atoms with E-state index in [2.05, 4.69) is 26.5 Å². The third-order valence-electron chi connectivity index (χ3n) is 8.37. The van der Waals surface area contributed by atoms with Crippen LogP contribution in [0.5, 0.6) is 0 Å². The average Bonchev–Trinajstić information content (AvgIpc) is 3.24. The maximum atomic E-state index is 13.6. The molecule has 0 radical (unpaired) electrons. The van der Waals surface area contributed by atoms with E-state index in [1.807, 2.05) is 24.4 Å². The number of hydrogen-bond acceptors (Lipinski definition) is 2. The second-order valence-corrected chi connectivity index (χ2v) is 10.2. The van der Waals surface area contributed by atoms with E-state index in [1.165, 1.54) is 50.9 Å². The van der Waals surface area contributed by atoms with Gasteiger partial charge >= 0.3 is 0 Å². The van der Waals surface area contributed by atoms with Crippen LogP contribution in [-0.4, -0.2) is 52.0 Å². The quantitative estimate of drug-likeness (QED) is 0.664. The first kappa shape index (κ1) is 20.2. The van der Waals surface area contributed by atoms with Crippen molar-refractivity contribution in [3.8, 4) is 0 Å². The molecule has 1 aromatic carbocycles. The van der Waals surface area contributed by atoms with Crippen molar-refractivity contribution in [3.05, 3.63) is 65.2 Å². The minimum atomic E-state index is -0.214. The summed E-state index contributed by atoms with van der Waals surface area (Å²) in [6.45, 7) is 4.13. The lowest BCUT2D eigenvalue weighted by Crippen LogP contribution is -2.66. The molecule has 0 aliphatic carbocycles. The highest BCUT2D eigenvalue weighted by Crippen LogP contribution is 2.45. The van der Waals surface area contributed by atoms with Crippen LogP contribution in [-0.2, 0) is 11.3 Å². The Kier molecular flexibility index (Phi) is 5.17. The first-order valence-corrected chi connectivity index (χ1v) is 12.3. The van der Waals surface area contributed by atoms with Gasteiger partial charge in [0.2, 0.25) is 5.91 Å². The fourth-order valence-corrected chi connectivity index (χ4v) is 6.99. The molecular weight excluding hydrogens is 401 g/mol.